The lowest BCUT2D eigenvalue weighted by Gasteiger charge is -2.24. The van der Waals surface area contributed by atoms with Crippen LogP contribution in [0, 0.1) is 0 Å². The molecule has 51 valence electrons. The van der Waals surface area contributed by atoms with E-state index in [1.54, 1.807) is 0 Å². The van der Waals surface area contributed by atoms with Gasteiger partial charge in [0.15, 0.2) is 0 Å². The Morgan fingerprint density at radius 3 is 2.56 bits per heavy atom. The summed E-state index contributed by atoms with van der Waals surface area (Å²) in [4.78, 5) is 2.48. The molecule has 2 fully saturated rings. The highest BCUT2D eigenvalue weighted by atomic mass is 32.2. The van der Waals surface area contributed by atoms with E-state index in [1.165, 1.54) is 24.6 Å². The van der Waals surface area contributed by atoms with Crippen LogP contribution in [0.4, 0.5) is 0 Å². The average molecular weight is 143 g/mol. The van der Waals surface area contributed by atoms with E-state index in [0.717, 1.165) is 6.54 Å². The van der Waals surface area contributed by atoms with Gasteiger partial charge in [-0.1, -0.05) is 0 Å². The monoisotopic (exact) mass is 143 g/mol. The molecular weight excluding hydrogens is 132 g/mol. The van der Waals surface area contributed by atoms with Gasteiger partial charge in [-0.15, -0.1) is 0 Å². The molecule has 2 aliphatic rings. The lowest BCUT2D eigenvalue weighted by Crippen LogP contribution is -2.35. The molecule has 1 atom stereocenters. The zero-order valence-corrected chi connectivity index (χ0v) is 6.23. The third-order valence-corrected chi connectivity index (χ3v) is 2.76. The van der Waals surface area contributed by atoms with Crippen LogP contribution in [0.25, 0.3) is 0 Å². The molecule has 0 spiro atoms. The average Bonchev–Trinajstić information content (AvgIpc) is 2.71. The predicted octanol–water partition coefficient (Wildman–Crippen LogP) is -0.0207. The van der Waals surface area contributed by atoms with Gasteiger partial charge in [0.05, 0.1) is 6.17 Å². The summed E-state index contributed by atoms with van der Waals surface area (Å²) in [5.41, 5.74) is 0. The third-order valence-electron chi connectivity index (χ3n) is 1.81. The maximum Gasteiger partial charge on any atom is 0.0906 e. The lowest BCUT2D eigenvalue weighted by atomic mass is 10.5. The van der Waals surface area contributed by atoms with E-state index in [-0.39, 0.29) is 0 Å². The molecule has 1 radical (unpaired) electrons. The first-order valence-corrected chi connectivity index (χ1v) is 4.61. The van der Waals surface area contributed by atoms with E-state index in [9.17, 15) is 0 Å². The quantitative estimate of drug-likeness (QED) is 0.480. The number of thioether (sulfide) groups is 1. The molecule has 0 aromatic rings. The molecule has 0 aromatic heterocycles. The molecule has 0 N–H and O–H groups in total. The van der Waals surface area contributed by atoms with Gasteiger partial charge in [0, 0.05) is 31.1 Å². The van der Waals surface area contributed by atoms with E-state index >= 15 is 0 Å². The molecule has 1 unspecified atom stereocenters. The van der Waals surface area contributed by atoms with Gasteiger partial charge in [0.2, 0.25) is 0 Å². The fraction of sp³-hybridized carbons (Fsp3) is 1.00. The summed E-state index contributed by atoms with van der Waals surface area (Å²) in [7, 11) is 0. The topological polar surface area (TPSA) is 17.3 Å². The van der Waals surface area contributed by atoms with Crippen LogP contribution in [0.15, 0.2) is 0 Å². The molecular formula is C6H11N2S. The highest BCUT2D eigenvalue weighted by Crippen LogP contribution is 2.15. The fourth-order valence-electron chi connectivity index (χ4n) is 1.15. The Labute approximate surface area is 60.0 Å². The summed E-state index contributed by atoms with van der Waals surface area (Å²) in [5.74, 6) is 2.62. The molecule has 0 aromatic carbocycles. The zero-order chi connectivity index (χ0) is 6.10. The summed E-state index contributed by atoms with van der Waals surface area (Å²) in [5, 5.41) is 4.24. The molecule has 2 nitrogen and oxygen atoms in total. The molecule has 2 rings (SSSR count). The van der Waals surface area contributed by atoms with Crippen LogP contribution in [0.1, 0.15) is 0 Å². The normalized spacial score (nSPS) is 36.7. The molecule has 0 amide bonds. The van der Waals surface area contributed by atoms with Crippen LogP contribution in [0.5, 0.6) is 0 Å². The fourth-order valence-corrected chi connectivity index (χ4v) is 2.08. The second kappa shape index (κ2) is 2.48. The van der Waals surface area contributed by atoms with E-state index in [0.29, 0.717) is 6.17 Å². The molecule has 2 aliphatic heterocycles. The predicted molar refractivity (Wildman–Crippen MR) is 39.7 cm³/mol. The Bertz CT molecular complexity index is 97.2. The van der Waals surface area contributed by atoms with Crippen molar-refractivity contribution >= 4 is 11.8 Å². The van der Waals surface area contributed by atoms with Gasteiger partial charge < -0.3 is 0 Å². The first-order valence-electron chi connectivity index (χ1n) is 3.45. The lowest BCUT2D eigenvalue weighted by molar-refractivity contribution is 0.288. The Hall–Kier alpha value is 0.270. The molecule has 3 heteroatoms. The first kappa shape index (κ1) is 6.01. The van der Waals surface area contributed by atoms with Crippen molar-refractivity contribution in [2.45, 2.75) is 6.17 Å². The molecule has 9 heavy (non-hydrogen) atoms. The molecule has 2 heterocycles. The van der Waals surface area contributed by atoms with Gasteiger partial charge in [-0.05, 0) is 0 Å². The van der Waals surface area contributed by atoms with Crippen molar-refractivity contribution in [3.05, 3.63) is 0 Å². The van der Waals surface area contributed by atoms with Crippen LogP contribution < -0.4 is 5.32 Å². The van der Waals surface area contributed by atoms with Gasteiger partial charge in [0.25, 0.3) is 0 Å². The molecule has 0 aliphatic carbocycles. The van der Waals surface area contributed by atoms with Crippen LogP contribution in [0.3, 0.4) is 0 Å². The Balaban J connectivity index is 1.80. The summed E-state index contributed by atoms with van der Waals surface area (Å²) >= 11 is 2.06. The Morgan fingerprint density at radius 1 is 1.33 bits per heavy atom. The van der Waals surface area contributed by atoms with Gasteiger partial charge >= 0.3 is 0 Å². The minimum absolute atomic E-state index is 0.630. The second-order valence-corrected chi connectivity index (χ2v) is 3.72. The van der Waals surface area contributed by atoms with Crippen LogP contribution in [-0.2, 0) is 0 Å². The Morgan fingerprint density at radius 2 is 2.00 bits per heavy atom. The van der Waals surface area contributed by atoms with Crippen molar-refractivity contribution < 1.29 is 0 Å². The van der Waals surface area contributed by atoms with Crippen molar-refractivity contribution in [2.75, 3.05) is 31.1 Å². The van der Waals surface area contributed by atoms with Crippen LogP contribution in [0.2, 0.25) is 0 Å². The van der Waals surface area contributed by atoms with Gasteiger partial charge in [-0.2, -0.15) is 11.8 Å². The summed E-state index contributed by atoms with van der Waals surface area (Å²) in [6.45, 7) is 3.63. The maximum absolute atomic E-state index is 4.24. The third kappa shape index (κ3) is 1.39. The van der Waals surface area contributed by atoms with Crippen molar-refractivity contribution in [3.63, 3.8) is 0 Å². The minimum Gasteiger partial charge on any atom is -0.284 e. The summed E-state index contributed by atoms with van der Waals surface area (Å²) in [6, 6.07) is 0. The minimum atomic E-state index is 0.630. The van der Waals surface area contributed by atoms with Gasteiger partial charge in [-0.3, -0.25) is 4.90 Å². The SMILES string of the molecule is C1CN(C2C[N]2)CCS1. The Kier molecular flexibility index (Phi) is 1.66. The van der Waals surface area contributed by atoms with E-state index in [1.807, 2.05) is 0 Å². The molecule has 0 saturated carbocycles. The highest BCUT2D eigenvalue weighted by Gasteiger charge is 2.30. The van der Waals surface area contributed by atoms with Crippen molar-refractivity contribution in [2.24, 2.45) is 0 Å². The van der Waals surface area contributed by atoms with Crippen LogP contribution >= 0.6 is 11.8 Å². The van der Waals surface area contributed by atoms with E-state index < -0.39 is 0 Å². The van der Waals surface area contributed by atoms with Crippen molar-refractivity contribution in [1.29, 1.82) is 0 Å². The smallest absolute Gasteiger partial charge is 0.0906 e. The standard InChI is InChI=1S/C6H11N2S/c1-3-9-4-2-8(1)6-5-7-6/h6H,1-5H2. The van der Waals surface area contributed by atoms with Crippen molar-refractivity contribution in [3.8, 4) is 0 Å². The molecule has 0 bridgehead atoms. The summed E-state index contributed by atoms with van der Waals surface area (Å²) in [6.07, 6.45) is 0.630. The maximum atomic E-state index is 4.24. The molecule has 2 saturated heterocycles. The number of hydrogen-bond donors (Lipinski definition) is 0. The van der Waals surface area contributed by atoms with Gasteiger partial charge in [0.1, 0.15) is 0 Å². The van der Waals surface area contributed by atoms with E-state index in [2.05, 4.69) is 22.0 Å². The number of rotatable bonds is 1. The van der Waals surface area contributed by atoms with E-state index in [4.69, 9.17) is 0 Å². The highest BCUT2D eigenvalue weighted by molar-refractivity contribution is 7.99. The zero-order valence-electron chi connectivity index (χ0n) is 5.42. The van der Waals surface area contributed by atoms with Crippen molar-refractivity contribution in [1.82, 2.24) is 10.2 Å². The van der Waals surface area contributed by atoms with Crippen LogP contribution in [-0.4, -0.2) is 42.2 Å². The van der Waals surface area contributed by atoms with Gasteiger partial charge in [-0.25, -0.2) is 5.32 Å². The number of hydrogen-bond acceptors (Lipinski definition) is 2. The largest absolute Gasteiger partial charge is 0.284 e. The summed E-state index contributed by atoms with van der Waals surface area (Å²) < 4.78 is 0. The number of nitrogens with zero attached hydrogens (tertiary/aromatic N) is 2. The second-order valence-electron chi connectivity index (χ2n) is 2.49. The first-order chi connectivity index (χ1) is 4.47.